The van der Waals surface area contributed by atoms with Crippen LogP contribution in [0.15, 0.2) is 210 Å². The van der Waals surface area contributed by atoms with E-state index < -0.39 is 120 Å². The number of Topliss-reactive ketones (excluding diaryl/α,β-unsaturated/α-hetero) is 4. The summed E-state index contributed by atoms with van der Waals surface area (Å²) >= 11 is 6.22. The van der Waals surface area contributed by atoms with Crippen molar-refractivity contribution in [1.82, 2.24) is 26.6 Å². The van der Waals surface area contributed by atoms with Crippen molar-refractivity contribution in [2.75, 3.05) is 26.2 Å². The van der Waals surface area contributed by atoms with Gasteiger partial charge in [-0.2, -0.15) is 0 Å². The fourth-order valence-corrected chi connectivity index (χ4v) is 15.2. The van der Waals surface area contributed by atoms with Gasteiger partial charge in [0.1, 0.15) is 56.0 Å². The zero-order valence-corrected chi connectivity index (χ0v) is 76.7. The number of esters is 1. The Hall–Kier alpha value is -13.7. The predicted molar refractivity (Wildman–Crippen MR) is 508 cm³/mol. The summed E-state index contributed by atoms with van der Waals surface area (Å²) < 4.78 is 21.8. The average Bonchev–Trinajstić information content (AvgIpc) is 0.827. The lowest BCUT2D eigenvalue weighted by Gasteiger charge is -2.26. The van der Waals surface area contributed by atoms with Crippen LogP contribution in [-0.2, 0) is 114 Å². The number of benzene rings is 8. The molecule has 0 unspecified atom stereocenters. The molecule has 0 aliphatic rings. The van der Waals surface area contributed by atoms with Gasteiger partial charge in [0.15, 0.2) is 23.3 Å². The van der Waals surface area contributed by atoms with E-state index in [2.05, 4.69) is 36.6 Å². The van der Waals surface area contributed by atoms with Crippen molar-refractivity contribution in [1.29, 1.82) is 0 Å². The summed E-state index contributed by atoms with van der Waals surface area (Å²) in [7, 11) is 0. The molecule has 0 bridgehead atoms. The van der Waals surface area contributed by atoms with Crippen LogP contribution in [0, 0.1) is 51.4 Å². The number of amidine groups is 1. The molecule has 0 heterocycles. The van der Waals surface area contributed by atoms with Crippen molar-refractivity contribution in [3.63, 3.8) is 0 Å². The van der Waals surface area contributed by atoms with Crippen LogP contribution in [0.2, 0.25) is 5.02 Å². The first-order valence-electron chi connectivity index (χ1n) is 44.6. The van der Waals surface area contributed by atoms with Crippen LogP contribution in [0.25, 0.3) is 0 Å². The van der Waals surface area contributed by atoms with Gasteiger partial charge in [0.05, 0.1) is 24.2 Å². The number of carbonyl (C=O) groups excluding carboxylic acids is 12. The number of nitrogens with two attached hydrogens (primary N) is 6. The third kappa shape index (κ3) is 39.9. The zero-order chi connectivity index (χ0) is 96.6. The summed E-state index contributed by atoms with van der Waals surface area (Å²) in [5.41, 5.74) is 42.9. The van der Waals surface area contributed by atoms with Crippen molar-refractivity contribution >= 4 is 94.4 Å². The Morgan fingerprint density at radius 1 is 0.398 bits per heavy atom. The molecule has 7 amide bonds. The lowest BCUT2D eigenvalue weighted by Crippen LogP contribution is -2.47. The number of ether oxygens (including phenoxy) is 4. The molecule has 0 spiro atoms. The van der Waals surface area contributed by atoms with Gasteiger partial charge < -0.3 is 84.8 Å². The number of unbranched alkanes of at least 4 members (excludes halogenated alkanes) is 2. The number of aryl methyl sites for hydroxylation is 4. The number of aromatic hydroxyl groups is 2. The Morgan fingerprint density at radius 2 is 0.774 bits per heavy atom. The highest BCUT2D eigenvalue weighted by molar-refractivity contribution is 6.31. The van der Waals surface area contributed by atoms with Crippen molar-refractivity contribution < 1.29 is 86.7 Å². The van der Waals surface area contributed by atoms with Crippen molar-refractivity contribution in [3.8, 4) is 11.5 Å². The zero-order valence-electron chi connectivity index (χ0n) is 75.9. The molecule has 0 aliphatic carbocycles. The molecule has 31 nitrogen and oxygen atoms in total. The minimum Gasteiger partial charge on any atom is -0.508 e. The molecule has 0 saturated heterocycles. The lowest BCUT2D eigenvalue weighted by molar-refractivity contribution is -0.143. The average molecular weight is 1850 g/mol. The van der Waals surface area contributed by atoms with Gasteiger partial charge >= 0.3 is 24.2 Å². The molecule has 0 radical (unpaired) electrons. The second kappa shape index (κ2) is 57.5. The number of aliphatic imine (C=N–C) groups is 2. The van der Waals surface area contributed by atoms with Gasteiger partial charge in [0.2, 0.25) is 23.6 Å². The number of hydrogen-bond acceptors (Lipinski definition) is 22. The normalized spacial score (nSPS) is 12.9. The second-order valence-electron chi connectivity index (χ2n) is 33.0. The molecule has 8 rings (SSSR count). The third-order valence-corrected chi connectivity index (χ3v) is 22.7. The van der Waals surface area contributed by atoms with Crippen molar-refractivity contribution in [2.45, 2.75) is 200 Å². The van der Waals surface area contributed by atoms with Gasteiger partial charge in [-0.05, 0) is 216 Å². The van der Waals surface area contributed by atoms with E-state index in [0.717, 1.165) is 38.9 Å². The smallest absolute Gasteiger partial charge is 0.412 e. The molecule has 8 atom stereocenters. The van der Waals surface area contributed by atoms with E-state index in [-0.39, 0.29) is 132 Å². The number of ketones is 4. The molecule has 0 aliphatic heterocycles. The molecule has 0 aromatic heterocycles. The molecule has 0 fully saturated rings. The molecule has 133 heavy (non-hydrogen) atoms. The molecule has 710 valence electrons. The Labute approximate surface area is 781 Å². The first-order valence-corrected chi connectivity index (χ1v) is 45.0. The Kier molecular flexibility index (Phi) is 46.0. The predicted octanol–water partition coefficient (Wildman–Crippen LogP) is 11.6. The van der Waals surface area contributed by atoms with Gasteiger partial charge in [0, 0.05) is 79.6 Å². The lowest BCUT2D eigenvalue weighted by atomic mass is 9.86. The number of hydrogen-bond donors (Lipinski definition) is 13. The van der Waals surface area contributed by atoms with E-state index in [0.29, 0.717) is 97.3 Å². The van der Waals surface area contributed by atoms with E-state index in [1.807, 2.05) is 80.6 Å². The van der Waals surface area contributed by atoms with E-state index in [4.69, 9.17) is 65.0 Å². The SMILES string of the molecule is Cc1cc(O)cc(C)c1C[C@H](CC(=O)[C@@H](CCCN=C(CC(=O)OCc1ccccc1)NC(=O)OCc1ccccc1)NC(=O)OCc1ccccc1)C(=O)N[C@@H](CCCCNC(=O)OCc1ccccc1Cl)C(=O)C[C@@H](Cc1ccccc1)C(N)=O.Cc1cc(O)cc(C)c1C[C@H](CC(=O)[C@H](N)CCCN=C(N)N)C(=O)N[C@@H](CCCCN)C(=O)C[C@@H](Cc1ccccc1)C(N)=O. The number of rotatable bonds is 54. The van der Waals surface area contributed by atoms with Crippen LogP contribution in [0.1, 0.15) is 163 Å². The van der Waals surface area contributed by atoms with Gasteiger partial charge in [-0.1, -0.05) is 181 Å². The maximum atomic E-state index is 15.0. The molecule has 32 heteroatoms. The van der Waals surface area contributed by atoms with Crippen LogP contribution in [-0.4, -0.2) is 143 Å². The number of nitrogens with zero attached hydrogens (tertiary/aromatic N) is 2. The summed E-state index contributed by atoms with van der Waals surface area (Å²) in [5.74, 6) is -8.57. The van der Waals surface area contributed by atoms with E-state index >= 15 is 4.79 Å². The summed E-state index contributed by atoms with van der Waals surface area (Å²) in [6, 6.07) is 54.2. The standard InChI is InChI=1S/C67H75ClN6O13.C34H51N7O5/c1-45-34-54(75)35-46(2)55(45)37-53(64(80)72-57(59(76)38-52(63(69)79)36-47-20-7-3-8-21-47)30-17-18-32-71-65(81)87-44-51-28-15-16-29-56(51)68)39-60(77)58(73-66(82)85-42-49-24-11-5-12-25-49)31-19-33-70-61(40-62(78)84-41-48-22-9-4-10-23-48)74-67(83)86-43-50-26-13-6-14-27-50;1-21-15-26(42)16-22(2)27(21)18-25(20-30(43)28(36)11-8-14-40-34(38)39)33(46)41-29(12-6-7-13-35)31(44)19-24(32(37)45)17-23-9-4-3-5-10-23/h3-16,20-29,34-35,52-53,57-58,75H,17-19,30-33,36-44H2,1-2H3,(H2,69,79)(H,71,81)(H,72,80)(H,73,82)(H,70,74,83);3-5,9-10,15-16,24-25,28-29,42H,6-8,11-14,17-20,35-36H2,1-2H3,(H2,37,45)(H,41,46)(H4,38,39,40)/t52-,53-,57+,58-;24-,25-,28-,29+/m11/s1. The minimum atomic E-state index is -1.28. The topological polar surface area (TPSA) is 523 Å². The van der Waals surface area contributed by atoms with Crippen LogP contribution in [0.5, 0.6) is 11.5 Å². The summed E-state index contributed by atoms with van der Waals surface area (Å²) in [5, 5.41) is 34.7. The third-order valence-electron chi connectivity index (χ3n) is 22.4. The molecular weight excluding hydrogens is 1720 g/mol. The number of primary amides is 2. The molecular formula is C101H126ClN13O18. The Bertz CT molecular complexity index is 5080. The van der Waals surface area contributed by atoms with E-state index in [9.17, 15) is 63.0 Å². The number of amides is 7. The first-order chi connectivity index (χ1) is 63.8. The molecule has 8 aromatic carbocycles. The summed E-state index contributed by atoms with van der Waals surface area (Å²) in [4.78, 5) is 171. The monoisotopic (exact) mass is 1840 g/mol. The minimum absolute atomic E-state index is 0.00760. The van der Waals surface area contributed by atoms with E-state index in [1.54, 1.807) is 135 Å². The van der Waals surface area contributed by atoms with Gasteiger partial charge in [-0.25, -0.2) is 14.4 Å². The van der Waals surface area contributed by atoms with Crippen LogP contribution >= 0.6 is 11.6 Å². The highest BCUT2D eigenvalue weighted by Crippen LogP contribution is 2.30. The fourth-order valence-electron chi connectivity index (χ4n) is 15.0. The van der Waals surface area contributed by atoms with Crippen LogP contribution in [0.4, 0.5) is 14.4 Å². The number of carbonyl (C=O) groups is 12. The van der Waals surface area contributed by atoms with Gasteiger partial charge in [-0.15, -0.1) is 0 Å². The molecule has 0 saturated carbocycles. The number of guanidine groups is 1. The van der Waals surface area contributed by atoms with E-state index in [1.165, 1.54) is 12.1 Å². The summed E-state index contributed by atoms with van der Waals surface area (Å²) in [6.45, 7) is 7.70. The Balaban J connectivity index is 0.000000441. The highest BCUT2D eigenvalue weighted by Gasteiger charge is 2.36. The van der Waals surface area contributed by atoms with Crippen LogP contribution < -0.4 is 61.0 Å². The highest BCUT2D eigenvalue weighted by atomic mass is 35.5. The molecule has 8 aromatic rings. The van der Waals surface area contributed by atoms with Gasteiger partial charge in [0.25, 0.3) is 0 Å². The maximum absolute atomic E-state index is 15.0. The number of phenols is 2. The fraction of sp³-hybridized carbons (Fsp3) is 0.386. The van der Waals surface area contributed by atoms with Crippen molar-refractivity contribution in [2.24, 2.45) is 68.1 Å². The number of alkyl carbamates (subject to hydrolysis) is 3. The summed E-state index contributed by atoms with van der Waals surface area (Å²) in [6.07, 6.45) is -0.283. The first kappa shape index (κ1) is 106. The second-order valence-corrected chi connectivity index (χ2v) is 33.4. The van der Waals surface area contributed by atoms with Crippen LogP contribution in [0.3, 0.4) is 0 Å². The van der Waals surface area contributed by atoms with Crippen molar-refractivity contribution in [3.05, 3.63) is 272 Å². The Morgan fingerprint density at radius 3 is 1.22 bits per heavy atom. The van der Waals surface area contributed by atoms with Gasteiger partial charge in [-0.3, -0.25) is 58.5 Å². The molecule has 19 N–H and O–H groups in total. The quantitative estimate of drug-likeness (QED) is 0.00553. The number of phenolic OH excluding ortho intramolecular Hbond substituents is 2. The maximum Gasteiger partial charge on any atom is 0.412 e. The number of nitrogens with one attached hydrogen (secondary N) is 5. The number of halogens is 1. The largest absolute Gasteiger partial charge is 0.508 e.